The molecule has 1 rings (SSSR count). The fraction of sp³-hybridized carbons (Fsp3) is 1.00. The number of hydrogen-bond donors (Lipinski definition) is 1. The second kappa shape index (κ2) is 11.5. The van der Waals surface area contributed by atoms with Crippen molar-refractivity contribution in [2.75, 3.05) is 13.6 Å². The maximum Gasteiger partial charge on any atom is -0.00209 e. The summed E-state index contributed by atoms with van der Waals surface area (Å²) in [5.74, 6) is 3.82. The zero-order valence-corrected chi connectivity index (χ0v) is 15.3. The molecule has 0 aromatic rings. The van der Waals surface area contributed by atoms with Gasteiger partial charge in [-0.25, -0.2) is 0 Å². The van der Waals surface area contributed by atoms with E-state index in [0.717, 1.165) is 23.7 Å². The molecule has 1 heteroatoms. The van der Waals surface area contributed by atoms with Crippen LogP contribution in [0.2, 0.25) is 0 Å². The minimum Gasteiger partial charge on any atom is -0.319 e. The Morgan fingerprint density at radius 2 is 1.57 bits per heavy atom. The van der Waals surface area contributed by atoms with Gasteiger partial charge >= 0.3 is 0 Å². The summed E-state index contributed by atoms with van der Waals surface area (Å²) in [4.78, 5) is 0. The molecule has 0 aliphatic heterocycles. The molecule has 0 radical (unpaired) electrons. The molecule has 1 aliphatic rings. The van der Waals surface area contributed by atoms with Crippen LogP contribution in [0.3, 0.4) is 0 Å². The number of rotatable bonds is 11. The van der Waals surface area contributed by atoms with Crippen molar-refractivity contribution in [2.45, 2.75) is 91.4 Å². The Hall–Kier alpha value is -0.0400. The van der Waals surface area contributed by atoms with E-state index >= 15 is 0 Å². The summed E-state index contributed by atoms with van der Waals surface area (Å²) < 4.78 is 0. The van der Waals surface area contributed by atoms with Crippen LogP contribution in [-0.2, 0) is 0 Å². The molecule has 0 amide bonds. The first-order valence-electron chi connectivity index (χ1n) is 9.83. The SMILES string of the molecule is CCCCCCCCCC1CC(C(C)C)CCC1CNC. The van der Waals surface area contributed by atoms with Gasteiger partial charge in [0.2, 0.25) is 0 Å². The largest absolute Gasteiger partial charge is 0.319 e. The van der Waals surface area contributed by atoms with Crippen LogP contribution in [0, 0.1) is 23.7 Å². The van der Waals surface area contributed by atoms with E-state index in [1.807, 2.05) is 0 Å². The molecule has 1 fully saturated rings. The lowest BCUT2D eigenvalue weighted by molar-refractivity contribution is 0.137. The van der Waals surface area contributed by atoms with Crippen molar-refractivity contribution in [1.29, 1.82) is 0 Å². The zero-order valence-electron chi connectivity index (χ0n) is 15.3. The molecular weight excluding hydrogens is 254 g/mol. The maximum absolute atomic E-state index is 3.44. The first-order valence-corrected chi connectivity index (χ1v) is 9.83. The van der Waals surface area contributed by atoms with Crippen LogP contribution in [0.4, 0.5) is 0 Å². The molecule has 1 saturated carbocycles. The highest BCUT2D eigenvalue weighted by Gasteiger charge is 2.30. The van der Waals surface area contributed by atoms with E-state index < -0.39 is 0 Å². The number of nitrogens with one attached hydrogen (secondary N) is 1. The Bertz CT molecular complexity index is 236. The molecule has 21 heavy (non-hydrogen) atoms. The van der Waals surface area contributed by atoms with E-state index in [4.69, 9.17) is 0 Å². The first kappa shape index (κ1) is 19.0. The lowest BCUT2D eigenvalue weighted by atomic mass is 9.69. The Balaban J connectivity index is 2.23. The average molecular weight is 296 g/mol. The topological polar surface area (TPSA) is 12.0 Å². The van der Waals surface area contributed by atoms with Crippen LogP contribution in [0.1, 0.15) is 91.4 Å². The molecular formula is C20H41N. The summed E-state index contributed by atoms with van der Waals surface area (Å²) in [5, 5.41) is 3.44. The maximum atomic E-state index is 3.44. The Morgan fingerprint density at radius 1 is 0.905 bits per heavy atom. The van der Waals surface area contributed by atoms with Crippen LogP contribution >= 0.6 is 0 Å². The molecule has 0 saturated heterocycles. The predicted octanol–water partition coefficient (Wildman–Crippen LogP) is 6.04. The fourth-order valence-corrected chi connectivity index (χ4v) is 4.22. The van der Waals surface area contributed by atoms with Crippen molar-refractivity contribution >= 4 is 0 Å². The Morgan fingerprint density at radius 3 is 2.19 bits per heavy atom. The van der Waals surface area contributed by atoms with Crippen molar-refractivity contribution in [3.63, 3.8) is 0 Å². The van der Waals surface area contributed by atoms with Crippen LogP contribution < -0.4 is 5.32 Å². The van der Waals surface area contributed by atoms with Crippen molar-refractivity contribution in [3.8, 4) is 0 Å². The quantitative estimate of drug-likeness (QED) is 0.458. The third-order valence-corrected chi connectivity index (χ3v) is 5.77. The summed E-state index contributed by atoms with van der Waals surface area (Å²) in [5.41, 5.74) is 0. The second-order valence-corrected chi connectivity index (χ2v) is 7.80. The van der Waals surface area contributed by atoms with Gasteiger partial charge < -0.3 is 5.32 Å². The van der Waals surface area contributed by atoms with Crippen molar-refractivity contribution in [2.24, 2.45) is 23.7 Å². The standard InChI is InChI=1S/C20H41N/c1-5-6-7-8-9-10-11-12-19-15-18(17(2)3)13-14-20(19)16-21-4/h17-21H,5-16H2,1-4H3. The van der Waals surface area contributed by atoms with Gasteiger partial charge in [-0.15, -0.1) is 0 Å². The second-order valence-electron chi connectivity index (χ2n) is 7.80. The molecule has 1 aliphatic carbocycles. The van der Waals surface area contributed by atoms with Gasteiger partial charge in [-0.05, 0) is 56.5 Å². The molecule has 0 aromatic heterocycles. The summed E-state index contributed by atoms with van der Waals surface area (Å²) >= 11 is 0. The average Bonchev–Trinajstić information content (AvgIpc) is 2.47. The van der Waals surface area contributed by atoms with Gasteiger partial charge in [-0.1, -0.05) is 72.1 Å². The van der Waals surface area contributed by atoms with Crippen LogP contribution in [0.25, 0.3) is 0 Å². The molecule has 1 N–H and O–H groups in total. The summed E-state index contributed by atoms with van der Waals surface area (Å²) in [6.45, 7) is 8.39. The predicted molar refractivity (Wildman–Crippen MR) is 95.7 cm³/mol. The molecule has 0 aromatic carbocycles. The third-order valence-electron chi connectivity index (χ3n) is 5.77. The Labute approximate surface area is 134 Å². The van der Waals surface area contributed by atoms with Gasteiger partial charge in [0, 0.05) is 0 Å². The molecule has 126 valence electrons. The fourth-order valence-electron chi connectivity index (χ4n) is 4.22. The van der Waals surface area contributed by atoms with E-state index in [2.05, 4.69) is 33.1 Å². The van der Waals surface area contributed by atoms with Crippen LogP contribution in [0.15, 0.2) is 0 Å². The van der Waals surface area contributed by atoms with Crippen LogP contribution in [0.5, 0.6) is 0 Å². The highest BCUT2D eigenvalue weighted by atomic mass is 14.8. The molecule has 1 nitrogen and oxygen atoms in total. The van der Waals surface area contributed by atoms with Crippen LogP contribution in [-0.4, -0.2) is 13.6 Å². The van der Waals surface area contributed by atoms with Gasteiger partial charge in [-0.2, -0.15) is 0 Å². The van der Waals surface area contributed by atoms with Gasteiger partial charge in [0.25, 0.3) is 0 Å². The number of hydrogen-bond acceptors (Lipinski definition) is 1. The normalized spacial score (nSPS) is 26.4. The lowest BCUT2D eigenvalue weighted by Crippen LogP contribution is -2.33. The highest BCUT2D eigenvalue weighted by Crippen LogP contribution is 2.39. The van der Waals surface area contributed by atoms with Crippen molar-refractivity contribution in [1.82, 2.24) is 5.32 Å². The van der Waals surface area contributed by atoms with Gasteiger partial charge in [0.1, 0.15) is 0 Å². The smallest absolute Gasteiger partial charge is 0.00209 e. The first-order chi connectivity index (χ1) is 10.2. The lowest BCUT2D eigenvalue weighted by Gasteiger charge is -2.38. The van der Waals surface area contributed by atoms with Crippen molar-refractivity contribution in [3.05, 3.63) is 0 Å². The molecule has 3 unspecified atom stereocenters. The summed E-state index contributed by atoms with van der Waals surface area (Å²) in [6.07, 6.45) is 16.1. The molecule has 0 spiro atoms. The van der Waals surface area contributed by atoms with Gasteiger partial charge in [0.15, 0.2) is 0 Å². The number of unbranched alkanes of at least 4 members (excludes halogenated alkanes) is 6. The van der Waals surface area contributed by atoms with Gasteiger partial charge in [0.05, 0.1) is 0 Å². The van der Waals surface area contributed by atoms with Crippen molar-refractivity contribution < 1.29 is 0 Å². The third kappa shape index (κ3) is 7.68. The minimum absolute atomic E-state index is 0.886. The molecule has 0 heterocycles. The monoisotopic (exact) mass is 295 g/mol. The Kier molecular flexibility index (Phi) is 10.4. The minimum atomic E-state index is 0.886. The van der Waals surface area contributed by atoms with E-state index in [-0.39, 0.29) is 0 Å². The van der Waals surface area contributed by atoms with Gasteiger partial charge in [-0.3, -0.25) is 0 Å². The van der Waals surface area contributed by atoms with E-state index in [0.29, 0.717) is 0 Å². The van der Waals surface area contributed by atoms with E-state index in [9.17, 15) is 0 Å². The zero-order chi connectivity index (χ0) is 15.5. The molecule has 0 bridgehead atoms. The summed E-state index contributed by atoms with van der Waals surface area (Å²) in [7, 11) is 2.12. The van der Waals surface area contributed by atoms with E-state index in [1.54, 1.807) is 0 Å². The summed E-state index contributed by atoms with van der Waals surface area (Å²) in [6, 6.07) is 0. The molecule has 3 atom stereocenters. The van der Waals surface area contributed by atoms with E-state index in [1.165, 1.54) is 77.2 Å². The highest BCUT2D eigenvalue weighted by molar-refractivity contribution is 4.82.